The zero-order chi connectivity index (χ0) is 21.6. The van der Waals surface area contributed by atoms with E-state index in [1.54, 1.807) is 18.5 Å². The van der Waals surface area contributed by atoms with Crippen molar-refractivity contribution in [2.75, 3.05) is 0 Å². The number of halogens is 3. The van der Waals surface area contributed by atoms with Crippen LogP contribution >= 0.6 is 0 Å². The molecule has 6 nitrogen and oxygen atoms in total. The lowest BCUT2D eigenvalue weighted by Crippen LogP contribution is -2.37. The van der Waals surface area contributed by atoms with E-state index in [1.807, 2.05) is 23.1 Å². The fraction of sp³-hybridized carbons (Fsp3) is 0.364. The average Bonchev–Trinajstić information content (AvgIpc) is 3.50. The Kier molecular flexibility index (Phi) is 4.75. The van der Waals surface area contributed by atoms with Gasteiger partial charge in [0.25, 0.3) is 5.91 Å². The van der Waals surface area contributed by atoms with Gasteiger partial charge in [-0.25, -0.2) is 0 Å². The standard InChI is InChI=1S/C22H20F3N5O/c23-22(24,25)15-5-6-16(26-13-15)11-14-12-17-7-8-19(14)29(17)21(31)18-3-1-2-4-20(18)30-27-9-10-28-30/h1-6,9-10,13-14,17,19H,7-8,11-12H2. The maximum absolute atomic E-state index is 13.5. The van der Waals surface area contributed by atoms with E-state index in [0.29, 0.717) is 23.4 Å². The van der Waals surface area contributed by atoms with Crippen molar-refractivity contribution >= 4 is 5.91 Å². The number of carbonyl (C=O) groups excluding carboxylic acids is 1. The highest BCUT2D eigenvalue weighted by molar-refractivity contribution is 5.98. The van der Waals surface area contributed by atoms with Crippen LogP contribution in [-0.2, 0) is 12.6 Å². The summed E-state index contributed by atoms with van der Waals surface area (Å²) in [5, 5.41) is 8.30. The molecule has 0 saturated carbocycles. The van der Waals surface area contributed by atoms with Gasteiger partial charge in [0, 0.05) is 24.0 Å². The van der Waals surface area contributed by atoms with Crippen LogP contribution in [0.3, 0.4) is 0 Å². The summed E-state index contributed by atoms with van der Waals surface area (Å²) >= 11 is 0. The SMILES string of the molecule is O=C(c1ccccc1-n1nccn1)N1C2CCC1C(Cc1ccc(C(F)(F)F)cn1)C2. The molecule has 2 aliphatic rings. The second-order valence-electron chi connectivity index (χ2n) is 8.08. The molecule has 0 aliphatic carbocycles. The molecule has 2 aliphatic heterocycles. The molecule has 0 N–H and O–H groups in total. The second-order valence-corrected chi connectivity index (χ2v) is 8.08. The van der Waals surface area contributed by atoms with Crippen molar-refractivity contribution in [2.24, 2.45) is 5.92 Å². The van der Waals surface area contributed by atoms with E-state index < -0.39 is 11.7 Å². The van der Waals surface area contributed by atoms with Crippen molar-refractivity contribution in [1.29, 1.82) is 0 Å². The third kappa shape index (κ3) is 3.58. The lowest BCUT2D eigenvalue weighted by Gasteiger charge is -2.25. The Hall–Kier alpha value is -3.23. The van der Waals surface area contributed by atoms with E-state index in [9.17, 15) is 18.0 Å². The number of benzene rings is 1. The summed E-state index contributed by atoms with van der Waals surface area (Å²) in [5.74, 6) is 0.130. The Morgan fingerprint density at radius 1 is 1.06 bits per heavy atom. The number of pyridine rings is 1. The molecule has 3 unspecified atom stereocenters. The fourth-order valence-electron chi connectivity index (χ4n) is 4.94. The molecule has 0 spiro atoms. The first-order valence-corrected chi connectivity index (χ1v) is 10.2. The molecule has 0 radical (unpaired) electrons. The van der Waals surface area contributed by atoms with Crippen molar-refractivity contribution in [2.45, 2.75) is 43.9 Å². The van der Waals surface area contributed by atoms with Crippen molar-refractivity contribution in [3.63, 3.8) is 0 Å². The van der Waals surface area contributed by atoms with Crippen LogP contribution < -0.4 is 0 Å². The minimum absolute atomic E-state index is 0.0525. The zero-order valence-electron chi connectivity index (χ0n) is 16.5. The van der Waals surface area contributed by atoms with Gasteiger partial charge in [-0.15, -0.1) is 0 Å². The number of hydrogen-bond acceptors (Lipinski definition) is 4. The summed E-state index contributed by atoms with van der Waals surface area (Å²) in [4.78, 5) is 20.9. The van der Waals surface area contributed by atoms with Gasteiger partial charge in [-0.3, -0.25) is 9.78 Å². The second kappa shape index (κ2) is 7.47. The summed E-state index contributed by atoms with van der Waals surface area (Å²) in [5.41, 5.74) is 1.05. The van der Waals surface area contributed by atoms with E-state index in [4.69, 9.17) is 0 Å². The van der Waals surface area contributed by atoms with Gasteiger partial charge >= 0.3 is 6.18 Å². The smallest absolute Gasteiger partial charge is 0.332 e. The molecular formula is C22H20F3N5O. The molecule has 3 atom stereocenters. The van der Waals surface area contributed by atoms with Crippen molar-refractivity contribution in [3.8, 4) is 5.69 Å². The van der Waals surface area contributed by atoms with Gasteiger partial charge in [0.15, 0.2) is 0 Å². The van der Waals surface area contributed by atoms with Crippen LogP contribution in [0.15, 0.2) is 55.0 Å². The molecule has 2 aromatic heterocycles. The Morgan fingerprint density at radius 2 is 1.84 bits per heavy atom. The first-order valence-electron chi connectivity index (χ1n) is 10.2. The van der Waals surface area contributed by atoms with Gasteiger partial charge in [-0.05, 0) is 55.9 Å². The van der Waals surface area contributed by atoms with Crippen molar-refractivity contribution in [3.05, 3.63) is 71.8 Å². The third-order valence-corrected chi connectivity index (χ3v) is 6.29. The van der Waals surface area contributed by atoms with E-state index in [2.05, 4.69) is 15.2 Å². The number of aromatic nitrogens is 4. The predicted molar refractivity (Wildman–Crippen MR) is 105 cm³/mol. The number of nitrogens with zero attached hydrogens (tertiary/aromatic N) is 5. The molecule has 2 bridgehead atoms. The summed E-state index contributed by atoms with van der Waals surface area (Å²) in [6.45, 7) is 0. The lowest BCUT2D eigenvalue weighted by molar-refractivity contribution is -0.137. The first kappa shape index (κ1) is 19.7. The van der Waals surface area contributed by atoms with Gasteiger partial charge in [0.2, 0.25) is 0 Å². The molecule has 5 rings (SSSR count). The number of carbonyl (C=O) groups is 1. The molecule has 1 aromatic carbocycles. The van der Waals surface area contributed by atoms with Gasteiger partial charge < -0.3 is 4.90 Å². The highest BCUT2D eigenvalue weighted by atomic mass is 19.4. The molecule has 160 valence electrons. The summed E-state index contributed by atoms with van der Waals surface area (Å²) in [6.07, 6.45) is 2.85. The Morgan fingerprint density at radius 3 is 2.55 bits per heavy atom. The van der Waals surface area contributed by atoms with Crippen LogP contribution in [-0.4, -0.2) is 42.9 Å². The predicted octanol–water partition coefficient (Wildman–Crippen LogP) is 3.92. The first-order chi connectivity index (χ1) is 14.9. The minimum atomic E-state index is -4.39. The van der Waals surface area contributed by atoms with Crippen LogP contribution in [0.4, 0.5) is 13.2 Å². The van der Waals surface area contributed by atoms with Gasteiger partial charge in [0.05, 0.1) is 29.2 Å². The quantitative estimate of drug-likeness (QED) is 0.633. The Bertz CT molecular complexity index is 1080. The summed E-state index contributed by atoms with van der Waals surface area (Å²) < 4.78 is 38.4. The Labute approximate surface area is 176 Å². The van der Waals surface area contributed by atoms with Gasteiger partial charge in [0.1, 0.15) is 0 Å². The number of para-hydroxylation sites is 1. The molecule has 3 aromatic rings. The van der Waals surface area contributed by atoms with Crippen molar-refractivity contribution < 1.29 is 18.0 Å². The largest absolute Gasteiger partial charge is 0.417 e. The lowest BCUT2D eigenvalue weighted by atomic mass is 9.86. The monoisotopic (exact) mass is 427 g/mol. The highest BCUT2D eigenvalue weighted by Gasteiger charge is 2.48. The van der Waals surface area contributed by atoms with Crippen LogP contribution in [0.25, 0.3) is 5.69 Å². The number of alkyl halides is 3. The van der Waals surface area contributed by atoms with Crippen LogP contribution in [0, 0.1) is 5.92 Å². The Balaban J connectivity index is 1.36. The van der Waals surface area contributed by atoms with E-state index in [-0.39, 0.29) is 23.9 Å². The normalized spacial score (nSPS) is 22.8. The molecule has 31 heavy (non-hydrogen) atoms. The summed E-state index contributed by atoms with van der Waals surface area (Å²) in [7, 11) is 0. The zero-order valence-corrected chi connectivity index (χ0v) is 16.5. The molecule has 4 heterocycles. The molecule has 2 saturated heterocycles. The third-order valence-electron chi connectivity index (χ3n) is 6.29. The summed E-state index contributed by atoms with van der Waals surface area (Å²) in [6, 6.07) is 9.97. The number of rotatable bonds is 4. The maximum atomic E-state index is 13.5. The van der Waals surface area contributed by atoms with E-state index in [0.717, 1.165) is 31.5 Å². The van der Waals surface area contributed by atoms with Crippen LogP contribution in [0.5, 0.6) is 0 Å². The van der Waals surface area contributed by atoms with Gasteiger partial charge in [-0.1, -0.05) is 12.1 Å². The molecule has 2 fully saturated rings. The molecular weight excluding hydrogens is 407 g/mol. The molecule has 9 heteroatoms. The van der Waals surface area contributed by atoms with E-state index >= 15 is 0 Å². The number of fused-ring (bicyclic) bond motifs is 2. The minimum Gasteiger partial charge on any atom is -0.332 e. The van der Waals surface area contributed by atoms with Gasteiger partial charge in [-0.2, -0.15) is 28.2 Å². The topological polar surface area (TPSA) is 63.9 Å². The van der Waals surface area contributed by atoms with Crippen LogP contribution in [0.2, 0.25) is 0 Å². The van der Waals surface area contributed by atoms with Crippen molar-refractivity contribution in [1.82, 2.24) is 24.9 Å². The van der Waals surface area contributed by atoms with Crippen LogP contribution in [0.1, 0.15) is 40.9 Å². The number of amides is 1. The fourth-order valence-corrected chi connectivity index (χ4v) is 4.94. The average molecular weight is 427 g/mol. The van der Waals surface area contributed by atoms with E-state index in [1.165, 1.54) is 10.9 Å². The molecule has 1 amide bonds. The highest BCUT2D eigenvalue weighted by Crippen LogP contribution is 2.44. The maximum Gasteiger partial charge on any atom is 0.417 e. The number of hydrogen-bond donors (Lipinski definition) is 0.